The van der Waals surface area contributed by atoms with Crippen LogP contribution < -0.4 is 5.73 Å². The fraction of sp³-hybridized carbons (Fsp3) is 0.538. The summed E-state index contributed by atoms with van der Waals surface area (Å²) < 4.78 is 6.38. The lowest BCUT2D eigenvalue weighted by atomic mass is 9.96. The fourth-order valence-electron chi connectivity index (χ4n) is 2.63. The molecule has 0 radical (unpaired) electrons. The molecule has 6 heteroatoms. The maximum atomic E-state index is 6.23. The Labute approximate surface area is 124 Å². The minimum absolute atomic E-state index is 0.144. The average molecular weight is 342 g/mol. The Morgan fingerprint density at radius 3 is 2.89 bits per heavy atom. The summed E-state index contributed by atoms with van der Waals surface area (Å²) in [7, 11) is 0. The molecule has 1 saturated carbocycles. The lowest BCUT2D eigenvalue weighted by Gasteiger charge is -2.16. The molecule has 4 nitrogen and oxygen atoms in total. The van der Waals surface area contributed by atoms with Crippen molar-refractivity contribution in [2.75, 3.05) is 0 Å². The van der Waals surface area contributed by atoms with Crippen LogP contribution in [-0.4, -0.2) is 16.2 Å². The van der Waals surface area contributed by atoms with Gasteiger partial charge in [-0.25, -0.2) is 0 Å². The van der Waals surface area contributed by atoms with Gasteiger partial charge in [-0.15, -0.1) is 11.3 Å². The lowest BCUT2D eigenvalue weighted by Crippen LogP contribution is -2.30. The number of nitrogens with zero attached hydrogens (tertiary/aromatic N) is 2. The van der Waals surface area contributed by atoms with Crippen molar-refractivity contribution in [2.24, 2.45) is 11.7 Å². The zero-order valence-electron chi connectivity index (χ0n) is 10.5. The van der Waals surface area contributed by atoms with Gasteiger partial charge in [0.15, 0.2) is 0 Å². The van der Waals surface area contributed by atoms with Crippen LogP contribution in [0.1, 0.15) is 31.6 Å². The van der Waals surface area contributed by atoms with Crippen molar-refractivity contribution in [3.05, 3.63) is 21.8 Å². The molecule has 2 heterocycles. The lowest BCUT2D eigenvalue weighted by molar-refractivity contribution is 0.341. The van der Waals surface area contributed by atoms with Gasteiger partial charge in [0.1, 0.15) is 0 Å². The molecule has 102 valence electrons. The molecular weight excluding hydrogens is 326 g/mol. The molecule has 0 amide bonds. The molecule has 1 aliphatic carbocycles. The first kappa shape index (κ1) is 13.3. The smallest absolute Gasteiger partial charge is 0.228 e. The minimum Gasteiger partial charge on any atom is -0.339 e. The summed E-state index contributed by atoms with van der Waals surface area (Å²) in [5.41, 5.74) is 6.23. The third-order valence-corrected chi connectivity index (χ3v) is 5.30. The highest BCUT2D eigenvalue weighted by atomic mass is 79.9. The van der Waals surface area contributed by atoms with Gasteiger partial charge in [-0.3, -0.25) is 0 Å². The fourth-order valence-corrected chi connectivity index (χ4v) is 3.94. The number of hydrogen-bond donors (Lipinski definition) is 1. The van der Waals surface area contributed by atoms with Crippen LogP contribution in [0.4, 0.5) is 0 Å². The van der Waals surface area contributed by atoms with Crippen LogP contribution in [-0.2, 0) is 6.42 Å². The molecule has 0 spiro atoms. The number of nitrogens with two attached hydrogens (primary N) is 1. The highest BCUT2D eigenvalue weighted by molar-refractivity contribution is 9.11. The Bertz CT molecular complexity index is 548. The van der Waals surface area contributed by atoms with Crippen LogP contribution in [0.2, 0.25) is 0 Å². The van der Waals surface area contributed by atoms with E-state index in [1.54, 1.807) is 11.3 Å². The number of rotatable bonds is 4. The van der Waals surface area contributed by atoms with Crippen molar-refractivity contribution in [1.82, 2.24) is 10.1 Å². The molecule has 3 rings (SSSR count). The van der Waals surface area contributed by atoms with Crippen molar-refractivity contribution in [3.63, 3.8) is 0 Å². The summed E-state index contributed by atoms with van der Waals surface area (Å²) in [6.45, 7) is 0. The molecule has 0 saturated heterocycles. The molecule has 0 bridgehead atoms. The largest absolute Gasteiger partial charge is 0.339 e. The van der Waals surface area contributed by atoms with Crippen LogP contribution in [0.5, 0.6) is 0 Å². The second-order valence-electron chi connectivity index (χ2n) is 5.03. The summed E-state index contributed by atoms with van der Waals surface area (Å²) in [6, 6.07) is 4.12. The molecule has 2 N–H and O–H groups in total. The SMILES string of the molecule is NC(Cc1nc(-c2ccc(Br)s2)no1)C1CCCC1. The first-order valence-corrected chi connectivity index (χ1v) is 8.17. The molecule has 19 heavy (non-hydrogen) atoms. The topological polar surface area (TPSA) is 64.9 Å². The maximum Gasteiger partial charge on any atom is 0.228 e. The Balaban J connectivity index is 1.67. The molecule has 2 aromatic heterocycles. The van der Waals surface area contributed by atoms with Gasteiger partial charge < -0.3 is 10.3 Å². The highest BCUT2D eigenvalue weighted by Crippen LogP contribution is 2.30. The third kappa shape index (κ3) is 3.07. The summed E-state index contributed by atoms with van der Waals surface area (Å²) in [5.74, 6) is 1.93. The number of hydrogen-bond acceptors (Lipinski definition) is 5. The Hall–Kier alpha value is -0.720. The van der Waals surface area contributed by atoms with Crippen molar-refractivity contribution < 1.29 is 4.52 Å². The van der Waals surface area contributed by atoms with Crippen LogP contribution in [0.25, 0.3) is 10.7 Å². The van der Waals surface area contributed by atoms with Crippen molar-refractivity contribution in [3.8, 4) is 10.7 Å². The second kappa shape index (κ2) is 5.73. The third-order valence-electron chi connectivity index (χ3n) is 3.68. The first-order valence-electron chi connectivity index (χ1n) is 6.56. The zero-order chi connectivity index (χ0) is 13.2. The van der Waals surface area contributed by atoms with E-state index in [2.05, 4.69) is 26.1 Å². The van der Waals surface area contributed by atoms with Gasteiger partial charge in [0.05, 0.1) is 8.66 Å². The monoisotopic (exact) mass is 341 g/mol. The van der Waals surface area contributed by atoms with Gasteiger partial charge in [-0.2, -0.15) is 4.98 Å². The Kier molecular flexibility index (Phi) is 4.00. The predicted molar refractivity (Wildman–Crippen MR) is 78.9 cm³/mol. The number of aromatic nitrogens is 2. The summed E-state index contributed by atoms with van der Waals surface area (Å²) in [6.07, 6.45) is 5.76. The summed E-state index contributed by atoms with van der Waals surface area (Å²) >= 11 is 5.03. The maximum absolute atomic E-state index is 6.23. The molecule has 1 atom stereocenters. The number of thiophene rings is 1. The van der Waals surface area contributed by atoms with Gasteiger partial charge in [0, 0.05) is 12.5 Å². The van der Waals surface area contributed by atoms with E-state index < -0.39 is 0 Å². The van der Waals surface area contributed by atoms with E-state index in [1.165, 1.54) is 25.7 Å². The van der Waals surface area contributed by atoms with E-state index in [1.807, 2.05) is 12.1 Å². The predicted octanol–water partition coefficient (Wildman–Crippen LogP) is 3.62. The first-order chi connectivity index (χ1) is 9.22. The number of halogens is 1. The quantitative estimate of drug-likeness (QED) is 0.922. The molecule has 1 fully saturated rings. The molecule has 1 unspecified atom stereocenters. The molecule has 2 aromatic rings. The molecule has 1 aliphatic rings. The second-order valence-corrected chi connectivity index (χ2v) is 7.49. The average Bonchev–Trinajstić information content (AvgIpc) is 3.07. The van der Waals surface area contributed by atoms with E-state index in [9.17, 15) is 0 Å². The van der Waals surface area contributed by atoms with Gasteiger partial charge in [-0.05, 0) is 46.8 Å². The minimum atomic E-state index is 0.144. The van der Waals surface area contributed by atoms with E-state index in [0.29, 0.717) is 24.1 Å². The standard InChI is InChI=1S/C13H16BrN3OS/c14-11-6-5-10(19-11)13-16-12(18-17-13)7-9(15)8-3-1-2-4-8/h5-6,8-9H,1-4,7,15H2. The highest BCUT2D eigenvalue weighted by Gasteiger charge is 2.24. The van der Waals surface area contributed by atoms with Crippen molar-refractivity contribution in [2.45, 2.75) is 38.1 Å². The van der Waals surface area contributed by atoms with Crippen LogP contribution in [0, 0.1) is 5.92 Å². The van der Waals surface area contributed by atoms with E-state index in [0.717, 1.165) is 8.66 Å². The van der Waals surface area contributed by atoms with Gasteiger partial charge >= 0.3 is 0 Å². The molecule has 0 aromatic carbocycles. The van der Waals surface area contributed by atoms with Crippen molar-refractivity contribution in [1.29, 1.82) is 0 Å². The van der Waals surface area contributed by atoms with Crippen molar-refractivity contribution >= 4 is 27.3 Å². The van der Waals surface area contributed by atoms with Gasteiger partial charge in [0.2, 0.25) is 11.7 Å². The Morgan fingerprint density at radius 1 is 1.42 bits per heavy atom. The normalized spacial score (nSPS) is 18.0. The summed E-state index contributed by atoms with van der Waals surface area (Å²) in [5, 5.41) is 4.03. The van der Waals surface area contributed by atoms with Crippen LogP contribution in [0.15, 0.2) is 20.4 Å². The Morgan fingerprint density at radius 2 is 2.21 bits per heavy atom. The van der Waals surface area contributed by atoms with E-state index in [-0.39, 0.29) is 6.04 Å². The van der Waals surface area contributed by atoms with E-state index in [4.69, 9.17) is 10.3 Å². The van der Waals surface area contributed by atoms with Crippen LogP contribution in [0.3, 0.4) is 0 Å². The summed E-state index contributed by atoms with van der Waals surface area (Å²) in [4.78, 5) is 5.45. The van der Waals surface area contributed by atoms with Gasteiger partial charge in [-0.1, -0.05) is 18.0 Å². The molecular formula is C13H16BrN3OS. The zero-order valence-corrected chi connectivity index (χ0v) is 12.9. The van der Waals surface area contributed by atoms with Gasteiger partial charge in [0.25, 0.3) is 0 Å². The van der Waals surface area contributed by atoms with E-state index >= 15 is 0 Å². The van der Waals surface area contributed by atoms with Crippen LogP contribution >= 0.6 is 27.3 Å². The molecule has 0 aliphatic heterocycles.